The van der Waals surface area contributed by atoms with Gasteiger partial charge in [0.25, 0.3) is 0 Å². The fourth-order valence-electron chi connectivity index (χ4n) is 1.19. The van der Waals surface area contributed by atoms with Crippen LogP contribution in [0.4, 0.5) is 18.9 Å². The number of amides is 1. The number of hydrogen-bond acceptors (Lipinski definition) is 2. The minimum atomic E-state index is -4.31. The van der Waals surface area contributed by atoms with Gasteiger partial charge in [-0.1, -0.05) is 22.0 Å². The van der Waals surface area contributed by atoms with Gasteiger partial charge in [0, 0.05) is 10.2 Å². The highest BCUT2D eigenvalue weighted by molar-refractivity contribution is 9.10. The Balaban J connectivity index is 2.42. The van der Waals surface area contributed by atoms with Crippen LogP contribution >= 0.6 is 15.9 Å². The molecule has 7 heteroatoms. The predicted octanol–water partition coefficient (Wildman–Crippen LogP) is 2.85. The largest absolute Gasteiger partial charge is 0.401 e. The maximum absolute atomic E-state index is 11.8. The molecule has 0 saturated carbocycles. The molecule has 1 rings (SSSR count). The summed E-state index contributed by atoms with van der Waals surface area (Å²) >= 11 is 3.30. The molecular formula is C11H12BrF3N2O. The second-order valence-corrected chi connectivity index (χ2v) is 4.59. The van der Waals surface area contributed by atoms with E-state index in [2.05, 4.69) is 21.2 Å². The molecule has 0 radical (unpaired) electrons. The fourth-order valence-corrected chi connectivity index (χ4v) is 1.57. The molecule has 2 N–H and O–H groups in total. The van der Waals surface area contributed by atoms with Crippen LogP contribution in [0.15, 0.2) is 22.7 Å². The highest BCUT2D eigenvalue weighted by Gasteiger charge is 2.26. The summed E-state index contributed by atoms with van der Waals surface area (Å²) in [6.07, 6.45) is -4.31. The number of carbonyl (C=O) groups excluding carboxylic acids is 1. The molecule has 100 valence electrons. The quantitative estimate of drug-likeness (QED) is 0.894. The number of anilines is 1. The summed E-state index contributed by atoms with van der Waals surface area (Å²) in [4.78, 5) is 11.3. The highest BCUT2D eigenvalue weighted by Crippen LogP contribution is 2.20. The smallest absolute Gasteiger partial charge is 0.325 e. The molecule has 0 unspecified atom stereocenters. The Kier molecular flexibility index (Phi) is 5.15. The lowest BCUT2D eigenvalue weighted by molar-refractivity contribution is -0.126. The Morgan fingerprint density at radius 3 is 2.61 bits per heavy atom. The summed E-state index contributed by atoms with van der Waals surface area (Å²) in [7, 11) is 0. The molecule has 0 aliphatic rings. The molecule has 0 fully saturated rings. The molecule has 18 heavy (non-hydrogen) atoms. The van der Waals surface area contributed by atoms with Gasteiger partial charge >= 0.3 is 6.18 Å². The summed E-state index contributed by atoms with van der Waals surface area (Å²) in [5.74, 6) is -0.519. The fraction of sp³-hybridized carbons (Fsp3) is 0.364. The third-order valence-electron chi connectivity index (χ3n) is 2.07. The number of halogens is 4. The first-order valence-electron chi connectivity index (χ1n) is 5.11. The van der Waals surface area contributed by atoms with Crippen molar-refractivity contribution in [1.82, 2.24) is 5.32 Å². The first kappa shape index (κ1) is 15.0. The average molecular weight is 325 g/mol. The van der Waals surface area contributed by atoms with Gasteiger partial charge in [0.1, 0.15) is 0 Å². The minimum absolute atomic E-state index is 0.384. The van der Waals surface area contributed by atoms with Gasteiger partial charge in [-0.15, -0.1) is 0 Å². The summed E-state index contributed by atoms with van der Waals surface area (Å²) in [5.41, 5.74) is 1.54. The topological polar surface area (TPSA) is 41.1 Å². The van der Waals surface area contributed by atoms with Crippen molar-refractivity contribution < 1.29 is 18.0 Å². The molecule has 0 aliphatic carbocycles. The van der Waals surface area contributed by atoms with Crippen LogP contribution in [0.2, 0.25) is 0 Å². The number of benzene rings is 1. The van der Waals surface area contributed by atoms with Gasteiger partial charge < -0.3 is 10.6 Å². The van der Waals surface area contributed by atoms with Crippen LogP contribution in [0.5, 0.6) is 0 Å². The zero-order chi connectivity index (χ0) is 13.8. The molecule has 0 saturated heterocycles. The molecular weight excluding hydrogens is 313 g/mol. The lowest BCUT2D eigenvalue weighted by Gasteiger charge is -2.09. The van der Waals surface area contributed by atoms with E-state index in [9.17, 15) is 18.0 Å². The van der Waals surface area contributed by atoms with E-state index >= 15 is 0 Å². The van der Waals surface area contributed by atoms with Crippen LogP contribution in [0.3, 0.4) is 0 Å². The van der Waals surface area contributed by atoms with Crippen LogP contribution in [0, 0.1) is 6.92 Å². The van der Waals surface area contributed by atoms with Gasteiger partial charge in [0.05, 0.1) is 13.1 Å². The highest BCUT2D eigenvalue weighted by atomic mass is 79.9. The van der Waals surface area contributed by atoms with Crippen molar-refractivity contribution in [3.8, 4) is 0 Å². The SMILES string of the molecule is Cc1ccc(NC(=O)CNCC(F)(F)F)cc1Br. The van der Waals surface area contributed by atoms with Gasteiger partial charge in [-0.2, -0.15) is 13.2 Å². The van der Waals surface area contributed by atoms with Crippen LogP contribution < -0.4 is 10.6 Å². The van der Waals surface area contributed by atoms with Crippen molar-refractivity contribution in [2.24, 2.45) is 0 Å². The predicted molar refractivity (Wildman–Crippen MR) is 66.4 cm³/mol. The first-order chi connectivity index (χ1) is 8.28. The van der Waals surface area contributed by atoms with Gasteiger partial charge in [0.2, 0.25) is 5.91 Å². The van der Waals surface area contributed by atoms with Crippen molar-refractivity contribution in [2.45, 2.75) is 13.1 Å². The molecule has 0 aromatic heterocycles. The van der Waals surface area contributed by atoms with Crippen molar-refractivity contribution in [3.05, 3.63) is 28.2 Å². The van der Waals surface area contributed by atoms with E-state index in [-0.39, 0.29) is 6.54 Å². The molecule has 1 aromatic carbocycles. The van der Waals surface area contributed by atoms with Crippen molar-refractivity contribution >= 4 is 27.5 Å². The maximum Gasteiger partial charge on any atom is 0.401 e. The van der Waals surface area contributed by atoms with Gasteiger partial charge in [-0.3, -0.25) is 4.79 Å². The third kappa shape index (κ3) is 5.50. The molecule has 1 amide bonds. The Hall–Kier alpha value is -1.08. The second-order valence-electron chi connectivity index (χ2n) is 3.73. The van der Waals surface area contributed by atoms with E-state index in [1.54, 1.807) is 18.2 Å². The number of rotatable bonds is 4. The average Bonchev–Trinajstić information content (AvgIpc) is 2.21. The van der Waals surface area contributed by atoms with E-state index in [4.69, 9.17) is 0 Å². The second kappa shape index (κ2) is 6.19. The molecule has 0 atom stereocenters. The number of carbonyl (C=O) groups is 1. The Bertz CT molecular complexity index is 435. The molecule has 0 heterocycles. The number of aryl methyl sites for hydroxylation is 1. The van der Waals surface area contributed by atoms with Gasteiger partial charge in [-0.05, 0) is 24.6 Å². The molecule has 3 nitrogen and oxygen atoms in total. The zero-order valence-electron chi connectivity index (χ0n) is 9.57. The number of nitrogens with one attached hydrogen (secondary N) is 2. The monoisotopic (exact) mass is 324 g/mol. The molecule has 0 spiro atoms. The number of alkyl halides is 3. The summed E-state index contributed by atoms with van der Waals surface area (Å²) in [5, 5.41) is 4.52. The molecule has 1 aromatic rings. The normalized spacial score (nSPS) is 11.4. The number of hydrogen-bond donors (Lipinski definition) is 2. The van der Waals surface area contributed by atoms with E-state index in [1.165, 1.54) is 0 Å². The summed E-state index contributed by atoms with van der Waals surface area (Å²) < 4.78 is 36.3. The third-order valence-corrected chi connectivity index (χ3v) is 2.92. The van der Waals surface area contributed by atoms with Crippen LogP contribution in [-0.2, 0) is 4.79 Å². The Morgan fingerprint density at radius 2 is 2.06 bits per heavy atom. The maximum atomic E-state index is 11.8. The Labute approximate surface area is 111 Å². The van der Waals surface area contributed by atoms with Gasteiger partial charge in [-0.25, -0.2) is 0 Å². The lowest BCUT2D eigenvalue weighted by Crippen LogP contribution is -2.35. The minimum Gasteiger partial charge on any atom is -0.325 e. The van der Waals surface area contributed by atoms with Gasteiger partial charge in [0.15, 0.2) is 0 Å². The lowest BCUT2D eigenvalue weighted by atomic mass is 10.2. The Morgan fingerprint density at radius 1 is 1.39 bits per heavy atom. The summed E-state index contributed by atoms with van der Waals surface area (Å²) in [6, 6.07) is 5.17. The van der Waals surface area contributed by atoms with E-state index in [0.717, 1.165) is 10.0 Å². The molecule has 0 bridgehead atoms. The zero-order valence-corrected chi connectivity index (χ0v) is 11.2. The van der Waals surface area contributed by atoms with E-state index < -0.39 is 18.6 Å². The standard InChI is InChI=1S/C11H12BrF3N2O/c1-7-2-3-8(4-9(7)12)17-10(18)5-16-6-11(13,14)15/h2-4,16H,5-6H2,1H3,(H,17,18). The van der Waals surface area contributed by atoms with E-state index in [1.807, 2.05) is 12.2 Å². The first-order valence-corrected chi connectivity index (χ1v) is 5.91. The van der Waals surface area contributed by atoms with Crippen LogP contribution in [0.25, 0.3) is 0 Å². The van der Waals surface area contributed by atoms with Crippen LogP contribution in [0.1, 0.15) is 5.56 Å². The van der Waals surface area contributed by atoms with Crippen molar-refractivity contribution in [3.63, 3.8) is 0 Å². The van der Waals surface area contributed by atoms with Crippen molar-refractivity contribution in [1.29, 1.82) is 0 Å². The van der Waals surface area contributed by atoms with E-state index in [0.29, 0.717) is 5.69 Å². The van der Waals surface area contributed by atoms with Crippen LogP contribution in [-0.4, -0.2) is 25.2 Å². The summed E-state index contributed by atoms with van der Waals surface area (Å²) in [6.45, 7) is 0.323. The molecule has 0 aliphatic heterocycles. The van der Waals surface area contributed by atoms with Crippen molar-refractivity contribution in [2.75, 3.05) is 18.4 Å².